The highest BCUT2D eigenvalue weighted by molar-refractivity contribution is 7.17. The van der Waals surface area contributed by atoms with Crippen molar-refractivity contribution in [3.8, 4) is 0 Å². The molecule has 0 saturated carbocycles. The Kier molecular flexibility index (Phi) is 5.11. The van der Waals surface area contributed by atoms with Crippen molar-refractivity contribution in [1.29, 1.82) is 0 Å². The van der Waals surface area contributed by atoms with Crippen molar-refractivity contribution in [2.24, 2.45) is 0 Å². The second-order valence-corrected chi connectivity index (χ2v) is 5.67. The topological polar surface area (TPSA) is 66.4 Å². The molecule has 0 aliphatic rings. The van der Waals surface area contributed by atoms with Gasteiger partial charge < -0.3 is 10.4 Å². The van der Waals surface area contributed by atoms with Gasteiger partial charge in [0.25, 0.3) is 0 Å². The van der Waals surface area contributed by atoms with Crippen molar-refractivity contribution >= 4 is 33.3 Å². The Morgan fingerprint density at radius 3 is 2.86 bits per heavy atom. The molecule has 0 bridgehead atoms. The smallest absolute Gasteiger partial charge is 0.326 e. The van der Waals surface area contributed by atoms with E-state index in [0.29, 0.717) is 12.8 Å². The number of hydrogen-bond acceptors (Lipinski definition) is 3. The summed E-state index contributed by atoms with van der Waals surface area (Å²) in [6.07, 6.45) is 2.75. The average Bonchev–Trinajstić information content (AvgIpc) is 2.86. The van der Waals surface area contributed by atoms with Crippen LogP contribution in [0, 0.1) is 0 Å². The molecule has 0 radical (unpaired) electrons. The van der Waals surface area contributed by atoms with E-state index in [1.54, 1.807) is 17.4 Å². The zero-order valence-corrected chi connectivity index (χ0v) is 12.4. The van der Waals surface area contributed by atoms with Gasteiger partial charge in [-0.25, -0.2) is 4.79 Å². The largest absolute Gasteiger partial charge is 0.480 e. The van der Waals surface area contributed by atoms with Gasteiger partial charge in [0.05, 0.1) is 6.42 Å². The van der Waals surface area contributed by atoms with Gasteiger partial charge in [0.15, 0.2) is 0 Å². The fourth-order valence-corrected chi connectivity index (χ4v) is 3.09. The molecule has 1 atom stereocenters. The Morgan fingerprint density at radius 2 is 2.14 bits per heavy atom. The van der Waals surface area contributed by atoms with Crippen molar-refractivity contribution in [3.63, 3.8) is 0 Å². The predicted octanol–water partition coefficient (Wildman–Crippen LogP) is 2.98. The van der Waals surface area contributed by atoms with Gasteiger partial charge in [-0.1, -0.05) is 24.3 Å². The second kappa shape index (κ2) is 7.04. The summed E-state index contributed by atoms with van der Waals surface area (Å²) in [6.45, 7) is 3.56. The van der Waals surface area contributed by atoms with Gasteiger partial charge in [0.2, 0.25) is 5.91 Å². The third-order valence-electron chi connectivity index (χ3n) is 3.20. The van der Waals surface area contributed by atoms with Crippen LogP contribution in [0.5, 0.6) is 0 Å². The molecule has 1 unspecified atom stereocenters. The first kappa shape index (κ1) is 15.3. The maximum atomic E-state index is 12.0. The van der Waals surface area contributed by atoms with Crippen molar-refractivity contribution in [2.45, 2.75) is 25.3 Å². The molecule has 21 heavy (non-hydrogen) atoms. The van der Waals surface area contributed by atoms with Gasteiger partial charge >= 0.3 is 5.97 Å². The van der Waals surface area contributed by atoms with Crippen LogP contribution in [0.1, 0.15) is 18.4 Å². The number of carbonyl (C=O) groups excluding carboxylic acids is 1. The van der Waals surface area contributed by atoms with E-state index in [0.717, 1.165) is 15.6 Å². The van der Waals surface area contributed by atoms with E-state index >= 15 is 0 Å². The van der Waals surface area contributed by atoms with Gasteiger partial charge in [-0.3, -0.25) is 4.79 Å². The number of nitrogens with one attached hydrogen (secondary N) is 1. The molecule has 0 aliphatic carbocycles. The molecule has 1 aromatic heterocycles. The number of hydrogen-bond donors (Lipinski definition) is 2. The number of thiophene rings is 1. The third-order valence-corrected chi connectivity index (χ3v) is 4.22. The molecule has 2 rings (SSSR count). The Morgan fingerprint density at radius 1 is 1.38 bits per heavy atom. The number of aliphatic carboxylic acids is 1. The van der Waals surface area contributed by atoms with E-state index in [2.05, 4.69) is 11.9 Å². The molecule has 0 fully saturated rings. The molecule has 0 spiro atoms. The van der Waals surface area contributed by atoms with Crippen LogP contribution in [0.4, 0.5) is 0 Å². The van der Waals surface area contributed by atoms with E-state index in [9.17, 15) is 9.59 Å². The minimum absolute atomic E-state index is 0.196. The number of allylic oxidation sites excluding steroid dienone is 1. The Balaban J connectivity index is 2.03. The van der Waals surface area contributed by atoms with Crippen LogP contribution in [0.3, 0.4) is 0 Å². The molecule has 2 aromatic rings. The summed E-state index contributed by atoms with van der Waals surface area (Å²) in [7, 11) is 0. The van der Waals surface area contributed by atoms with Crippen molar-refractivity contribution in [1.82, 2.24) is 5.32 Å². The molecular weight excluding hydrogens is 286 g/mol. The number of fused-ring (bicyclic) bond motifs is 1. The summed E-state index contributed by atoms with van der Waals surface area (Å²) < 4.78 is 1.13. The SMILES string of the molecule is C=CCCC(NC(=O)Cc1csc2ccccc12)C(=O)O. The molecule has 0 saturated heterocycles. The summed E-state index contributed by atoms with van der Waals surface area (Å²) in [5.41, 5.74) is 0.931. The molecule has 110 valence electrons. The Bertz CT molecular complexity index is 662. The Labute approximate surface area is 127 Å². The molecular formula is C16H17NO3S. The minimum atomic E-state index is -1.01. The summed E-state index contributed by atoms with van der Waals surface area (Å²) in [4.78, 5) is 23.1. The summed E-state index contributed by atoms with van der Waals surface area (Å²) in [5, 5.41) is 14.7. The highest BCUT2D eigenvalue weighted by Gasteiger charge is 2.19. The lowest BCUT2D eigenvalue weighted by molar-refractivity contribution is -0.141. The maximum absolute atomic E-state index is 12.0. The number of amides is 1. The third kappa shape index (κ3) is 3.92. The van der Waals surface area contributed by atoms with E-state index in [4.69, 9.17) is 5.11 Å². The van der Waals surface area contributed by atoms with Crippen LogP contribution in [0.15, 0.2) is 42.3 Å². The maximum Gasteiger partial charge on any atom is 0.326 e. The molecule has 4 nitrogen and oxygen atoms in total. The zero-order valence-electron chi connectivity index (χ0n) is 11.5. The van der Waals surface area contributed by atoms with Crippen LogP contribution in [0.2, 0.25) is 0 Å². The summed E-state index contributed by atoms with van der Waals surface area (Å²) in [5.74, 6) is -1.28. The van der Waals surface area contributed by atoms with E-state index < -0.39 is 12.0 Å². The van der Waals surface area contributed by atoms with E-state index in [1.807, 2.05) is 29.6 Å². The summed E-state index contributed by atoms with van der Waals surface area (Å²) >= 11 is 1.59. The molecule has 2 N–H and O–H groups in total. The normalized spacial score (nSPS) is 12.0. The van der Waals surface area contributed by atoms with Crippen molar-refractivity contribution in [2.75, 3.05) is 0 Å². The van der Waals surface area contributed by atoms with E-state index in [-0.39, 0.29) is 12.3 Å². The van der Waals surface area contributed by atoms with Crippen LogP contribution < -0.4 is 5.32 Å². The minimum Gasteiger partial charge on any atom is -0.480 e. The first-order valence-corrected chi connectivity index (χ1v) is 7.58. The first-order valence-electron chi connectivity index (χ1n) is 6.70. The van der Waals surface area contributed by atoms with Gasteiger partial charge in [0.1, 0.15) is 6.04 Å². The second-order valence-electron chi connectivity index (χ2n) is 4.76. The first-order chi connectivity index (χ1) is 10.1. The fraction of sp³-hybridized carbons (Fsp3) is 0.250. The van der Waals surface area contributed by atoms with E-state index in [1.165, 1.54) is 0 Å². The lowest BCUT2D eigenvalue weighted by atomic mass is 10.1. The molecule has 1 heterocycles. The number of carbonyl (C=O) groups is 2. The predicted molar refractivity (Wildman–Crippen MR) is 84.5 cm³/mol. The standard InChI is InChI=1S/C16H17NO3S/c1-2-3-7-13(16(19)20)17-15(18)9-11-10-21-14-8-5-4-6-12(11)14/h2,4-6,8,10,13H,1,3,7,9H2,(H,17,18)(H,19,20). The van der Waals surface area contributed by atoms with Gasteiger partial charge in [0, 0.05) is 4.70 Å². The molecule has 0 aliphatic heterocycles. The Hall–Kier alpha value is -2.14. The van der Waals surface area contributed by atoms with Gasteiger partial charge in [-0.15, -0.1) is 17.9 Å². The molecule has 1 aromatic carbocycles. The number of carboxylic acid groups (broad SMARTS) is 1. The monoisotopic (exact) mass is 303 g/mol. The number of benzene rings is 1. The van der Waals surface area contributed by atoms with Crippen LogP contribution >= 0.6 is 11.3 Å². The van der Waals surface area contributed by atoms with Gasteiger partial charge in [-0.05, 0) is 35.2 Å². The molecule has 5 heteroatoms. The van der Waals surface area contributed by atoms with Crippen molar-refractivity contribution in [3.05, 3.63) is 47.9 Å². The highest BCUT2D eigenvalue weighted by Crippen LogP contribution is 2.25. The molecule has 1 amide bonds. The number of carboxylic acids is 1. The summed E-state index contributed by atoms with van der Waals surface area (Å²) in [6, 6.07) is 7.01. The van der Waals surface area contributed by atoms with Crippen molar-refractivity contribution < 1.29 is 14.7 Å². The zero-order chi connectivity index (χ0) is 15.2. The lowest BCUT2D eigenvalue weighted by Crippen LogP contribution is -2.41. The lowest BCUT2D eigenvalue weighted by Gasteiger charge is -2.13. The fourth-order valence-electron chi connectivity index (χ4n) is 2.13. The van der Waals surface area contributed by atoms with Crippen LogP contribution in [-0.4, -0.2) is 23.0 Å². The quantitative estimate of drug-likeness (QED) is 0.773. The van der Waals surface area contributed by atoms with Gasteiger partial charge in [-0.2, -0.15) is 0 Å². The number of rotatable bonds is 7. The van der Waals surface area contributed by atoms with Crippen LogP contribution in [0.25, 0.3) is 10.1 Å². The average molecular weight is 303 g/mol. The van der Waals surface area contributed by atoms with Crippen LogP contribution in [-0.2, 0) is 16.0 Å². The highest BCUT2D eigenvalue weighted by atomic mass is 32.1.